The predicted molar refractivity (Wildman–Crippen MR) is 84.3 cm³/mol. The smallest absolute Gasteiger partial charge is 0.0207 e. The van der Waals surface area contributed by atoms with Gasteiger partial charge in [0.1, 0.15) is 0 Å². The van der Waals surface area contributed by atoms with Crippen molar-refractivity contribution in [3.8, 4) is 0 Å². The second-order valence-electron chi connectivity index (χ2n) is 5.09. The highest BCUT2D eigenvalue weighted by Crippen LogP contribution is 2.22. The molecule has 2 heteroatoms. The molecule has 0 aliphatic rings. The van der Waals surface area contributed by atoms with Crippen LogP contribution in [0.15, 0.2) is 16.6 Å². The van der Waals surface area contributed by atoms with E-state index in [1.54, 1.807) is 0 Å². The molecular weight excluding hydrogens is 286 g/mol. The molecule has 0 unspecified atom stereocenters. The molecule has 0 fully saturated rings. The monoisotopic (exact) mass is 311 g/mol. The summed E-state index contributed by atoms with van der Waals surface area (Å²) in [6.07, 6.45) is 6.38. The van der Waals surface area contributed by atoms with Gasteiger partial charge in [0.15, 0.2) is 0 Å². The Balaban J connectivity index is 2.25. The highest BCUT2D eigenvalue weighted by atomic mass is 79.9. The third kappa shape index (κ3) is 5.53. The van der Waals surface area contributed by atoms with Gasteiger partial charge in [-0.2, -0.15) is 0 Å². The van der Waals surface area contributed by atoms with Crippen LogP contribution < -0.4 is 5.32 Å². The maximum absolute atomic E-state index is 3.59. The van der Waals surface area contributed by atoms with Crippen molar-refractivity contribution in [1.29, 1.82) is 0 Å². The van der Waals surface area contributed by atoms with E-state index in [0.717, 1.165) is 6.54 Å². The number of rotatable bonds is 8. The van der Waals surface area contributed by atoms with E-state index in [1.807, 2.05) is 0 Å². The van der Waals surface area contributed by atoms with E-state index >= 15 is 0 Å². The van der Waals surface area contributed by atoms with E-state index in [0.29, 0.717) is 0 Å². The molecule has 0 aliphatic carbocycles. The summed E-state index contributed by atoms with van der Waals surface area (Å²) in [5.41, 5.74) is 4.27. The van der Waals surface area contributed by atoms with Crippen LogP contribution in [0.25, 0.3) is 0 Å². The number of aryl methyl sites for hydroxylation is 3. The molecular formula is C16H26BrN. The molecule has 1 aromatic carbocycles. The largest absolute Gasteiger partial charge is 0.317 e. The first kappa shape index (κ1) is 15.7. The topological polar surface area (TPSA) is 12.0 Å². The van der Waals surface area contributed by atoms with Crippen LogP contribution in [-0.4, -0.2) is 13.1 Å². The molecule has 1 N–H and O–H groups in total. The third-order valence-electron chi connectivity index (χ3n) is 3.34. The Hall–Kier alpha value is -0.340. The van der Waals surface area contributed by atoms with Crippen molar-refractivity contribution < 1.29 is 0 Å². The molecule has 0 aliphatic heterocycles. The Morgan fingerprint density at radius 2 is 1.78 bits per heavy atom. The molecule has 0 heterocycles. The van der Waals surface area contributed by atoms with Gasteiger partial charge in [-0.25, -0.2) is 0 Å². The first-order valence-corrected chi connectivity index (χ1v) is 7.90. The van der Waals surface area contributed by atoms with Crippen molar-refractivity contribution in [3.63, 3.8) is 0 Å². The van der Waals surface area contributed by atoms with E-state index in [1.165, 1.54) is 59.8 Å². The summed E-state index contributed by atoms with van der Waals surface area (Å²) in [7, 11) is 0. The second-order valence-corrected chi connectivity index (χ2v) is 5.94. The lowest BCUT2D eigenvalue weighted by Crippen LogP contribution is -2.15. The predicted octanol–water partition coefficient (Wildman–Crippen LogP) is 4.78. The van der Waals surface area contributed by atoms with Gasteiger partial charge in [-0.3, -0.25) is 0 Å². The van der Waals surface area contributed by atoms with Crippen LogP contribution in [0.5, 0.6) is 0 Å². The summed E-state index contributed by atoms with van der Waals surface area (Å²) in [5, 5.41) is 3.46. The molecule has 1 nitrogen and oxygen atoms in total. The van der Waals surface area contributed by atoms with E-state index in [4.69, 9.17) is 0 Å². The van der Waals surface area contributed by atoms with Crippen LogP contribution in [0.1, 0.15) is 49.3 Å². The first-order valence-electron chi connectivity index (χ1n) is 7.11. The zero-order chi connectivity index (χ0) is 13.4. The maximum atomic E-state index is 3.59. The lowest BCUT2D eigenvalue weighted by Gasteiger charge is -2.09. The van der Waals surface area contributed by atoms with Crippen LogP contribution in [-0.2, 0) is 6.42 Å². The van der Waals surface area contributed by atoms with Crippen LogP contribution in [0.3, 0.4) is 0 Å². The minimum atomic E-state index is 1.16. The van der Waals surface area contributed by atoms with Gasteiger partial charge in [-0.15, -0.1) is 0 Å². The average Bonchev–Trinajstić information content (AvgIpc) is 2.34. The lowest BCUT2D eigenvalue weighted by molar-refractivity contribution is 0.598. The number of hydrogen-bond donors (Lipinski definition) is 1. The number of hydrogen-bond acceptors (Lipinski definition) is 1. The normalized spacial score (nSPS) is 10.9. The molecule has 0 aromatic heterocycles. The highest BCUT2D eigenvalue weighted by Gasteiger charge is 2.02. The maximum Gasteiger partial charge on any atom is 0.0207 e. The zero-order valence-corrected chi connectivity index (χ0v) is 13.6. The standard InChI is InChI=1S/C16H26BrN/c1-4-9-18-10-7-5-6-8-15-11-14(3)16(17)12-13(15)2/h11-12,18H,4-10H2,1-3H3. The fourth-order valence-corrected chi connectivity index (χ4v) is 2.61. The second kappa shape index (κ2) is 8.71. The molecule has 0 amide bonds. The van der Waals surface area contributed by atoms with Crippen LogP contribution in [0, 0.1) is 13.8 Å². The van der Waals surface area contributed by atoms with Crippen LogP contribution in [0.4, 0.5) is 0 Å². The Kier molecular flexibility index (Phi) is 7.60. The van der Waals surface area contributed by atoms with Gasteiger partial charge in [-0.05, 0) is 75.4 Å². The van der Waals surface area contributed by atoms with E-state index in [2.05, 4.69) is 54.2 Å². The summed E-state index contributed by atoms with van der Waals surface area (Å²) in [6.45, 7) is 8.92. The van der Waals surface area contributed by atoms with Crippen molar-refractivity contribution in [1.82, 2.24) is 5.32 Å². The number of halogens is 1. The van der Waals surface area contributed by atoms with Gasteiger partial charge in [0, 0.05) is 4.47 Å². The molecule has 0 radical (unpaired) electrons. The van der Waals surface area contributed by atoms with Crippen molar-refractivity contribution >= 4 is 15.9 Å². The molecule has 18 heavy (non-hydrogen) atoms. The van der Waals surface area contributed by atoms with Crippen molar-refractivity contribution in [3.05, 3.63) is 33.3 Å². The molecule has 102 valence electrons. The van der Waals surface area contributed by atoms with Gasteiger partial charge < -0.3 is 5.32 Å². The fourth-order valence-electron chi connectivity index (χ4n) is 2.15. The summed E-state index contributed by atoms with van der Waals surface area (Å²) < 4.78 is 1.23. The third-order valence-corrected chi connectivity index (χ3v) is 4.20. The molecule has 0 bridgehead atoms. The summed E-state index contributed by atoms with van der Waals surface area (Å²) in [4.78, 5) is 0. The van der Waals surface area contributed by atoms with Gasteiger partial charge >= 0.3 is 0 Å². The molecule has 1 rings (SSSR count). The van der Waals surface area contributed by atoms with Gasteiger partial charge in [0.25, 0.3) is 0 Å². The molecule has 0 saturated carbocycles. The summed E-state index contributed by atoms with van der Waals surface area (Å²) in [6, 6.07) is 4.57. The molecule has 1 aromatic rings. The average molecular weight is 312 g/mol. The van der Waals surface area contributed by atoms with E-state index in [9.17, 15) is 0 Å². The SMILES string of the molecule is CCCNCCCCCc1cc(C)c(Br)cc1C. The summed E-state index contributed by atoms with van der Waals surface area (Å²) in [5.74, 6) is 0. The van der Waals surface area contributed by atoms with E-state index in [-0.39, 0.29) is 0 Å². The van der Waals surface area contributed by atoms with Crippen molar-refractivity contribution in [2.24, 2.45) is 0 Å². The molecule has 0 atom stereocenters. The minimum absolute atomic E-state index is 1.16. The Labute approximate surface area is 120 Å². The van der Waals surface area contributed by atoms with Crippen molar-refractivity contribution in [2.75, 3.05) is 13.1 Å². The lowest BCUT2D eigenvalue weighted by atomic mass is 10.00. The van der Waals surface area contributed by atoms with Gasteiger partial charge in [-0.1, -0.05) is 35.3 Å². The summed E-state index contributed by atoms with van der Waals surface area (Å²) >= 11 is 3.59. The number of unbranched alkanes of at least 4 members (excludes halogenated alkanes) is 2. The Bertz CT molecular complexity index is 360. The van der Waals surface area contributed by atoms with E-state index < -0.39 is 0 Å². The highest BCUT2D eigenvalue weighted by molar-refractivity contribution is 9.10. The van der Waals surface area contributed by atoms with Crippen LogP contribution >= 0.6 is 15.9 Å². The van der Waals surface area contributed by atoms with Crippen LogP contribution in [0.2, 0.25) is 0 Å². The molecule has 0 spiro atoms. The quantitative estimate of drug-likeness (QED) is 0.681. The van der Waals surface area contributed by atoms with Gasteiger partial charge in [0.2, 0.25) is 0 Å². The number of benzene rings is 1. The molecule has 0 saturated heterocycles. The van der Waals surface area contributed by atoms with Crippen molar-refractivity contribution in [2.45, 2.75) is 52.9 Å². The van der Waals surface area contributed by atoms with Gasteiger partial charge in [0.05, 0.1) is 0 Å². The first-order chi connectivity index (χ1) is 8.65. The minimum Gasteiger partial charge on any atom is -0.317 e. The zero-order valence-electron chi connectivity index (χ0n) is 12.0. The number of nitrogens with one attached hydrogen (secondary N) is 1. The Morgan fingerprint density at radius 3 is 2.50 bits per heavy atom. The Morgan fingerprint density at radius 1 is 1.00 bits per heavy atom. The fraction of sp³-hybridized carbons (Fsp3) is 0.625.